The van der Waals surface area contributed by atoms with Crippen LogP contribution in [-0.2, 0) is 5.41 Å². The number of nitrogens with one attached hydrogen (secondary N) is 1. The summed E-state index contributed by atoms with van der Waals surface area (Å²) < 4.78 is 2.15. The van der Waals surface area contributed by atoms with Crippen LogP contribution in [0, 0.1) is 17.2 Å². The van der Waals surface area contributed by atoms with Gasteiger partial charge >= 0.3 is 0 Å². The van der Waals surface area contributed by atoms with Crippen LogP contribution in [0.2, 0.25) is 0 Å². The van der Waals surface area contributed by atoms with Crippen LogP contribution in [0.25, 0.3) is 27.9 Å². The summed E-state index contributed by atoms with van der Waals surface area (Å²) in [5.74, 6) is 2.52. The average molecular weight is 475 g/mol. The number of aromatic nitrogens is 3. The van der Waals surface area contributed by atoms with Gasteiger partial charge in [-0.1, -0.05) is 24.3 Å². The lowest BCUT2D eigenvalue weighted by Gasteiger charge is -2.23. The molecule has 1 saturated carbocycles. The highest BCUT2D eigenvalue weighted by Crippen LogP contribution is 2.60. The van der Waals surface area contributed by atoms with E-state index in [4.69, 9.17) is 15.5 Å². The van der Waals surface area contributed by atoms with E-state index in [9.17, 15) is 0 Å². The zero-order valence-corrected chi connectivity index (χ0v) is 21.3. The third-order valence-corrected chi connectivity index (χ3v) is 8.17. The lowest BCUT2D eigenvalue weighted by atomic mass is 9.79. The van der Waals surface area contributed by atoms with E-state index in [0.717, 1.165) is 59.5 Å². The molecule has 1 fully saturated rings. The van der Waals surface area contributed by atoms with Crippen molar-refractivity contribution in [1.82, 2.24) is 19.7 Å². The van der Waals surface area contributed by atoms with E-state index in [1.807, 2.05) is 24.5 Å². The van der Waals surface area contributed by atoms with Crippen LogP contribution in [0.1, 0.15) is 38.3 Å². The maximum atomic E-state index is 7.71. The monoisotopic (exact) mass is 474 g/mol. The highest BCUT2D eigenvalue weighted by Gasteiger charge is 2.53. The van der Waals surface area contributed by atoms with E-state index >= 15 is 0 Å². The van der Waals surface area contributed by atoms with Gasteiger partial charge < -0.3 is 4.90 Å². The lowest BCUT2D eigenvalue weighted by Crippen LogP contribution is -2.21. The van der Waals surface area contributed by atoms with Gasteiger partial charge in [0.25, 0.3) is 0 Å². The molecule has 5 nitrogen and oxygen atoms in total. The summed E-state index contributed by atoms with van der Waals surface area (Å²) in [6.07, 6.45) is 16.1. The SMILES string of the molecule is C=C[C+](C=N)C1CC=C(C2=C3CC3(C)c3c(-c4cnc5ccccc5c4)cnn3C(N(C)C)=C2)CC1. The number of nitrogens with zero attached hydrogens (tertiary/aromatic N) is 4. The van der Waals surface area contributed by atoms with Crippen molar-refractivity contribution >= 4 is 22.9 Å². The topological polar surface area (TPSA) is 57.8 Å². The number of hydrogen-bond donors (Lipinski definition) is 1. The van der Waals surface area contributed by atoms with Gasteiger partial charge in [-0.3, -0.25) is 10.4 Å². The van der Waals surface area contributed by atoms with E-state index in [1.165, 1.54) is 28.6 Å². The van der Waals surface area contributed by atoms with Crippen molar-refractivity contribution in [3.05, 3.63) is 95.9 Å². The number of pyridine rings is 1. The van der Waals surface area contributed by atoms with Gasteiger partial charge in [-0.15, -0.1) is 0 Å². The Hall–Kier alpha value is -3.86. The van der Waals surface area contributed by atoms with Crippen molar-refractivity contribution in [3.8, 4) is 11.1 Å². The van der Waals surface area contributed by atoms with Gasteiger partial charge in [-0.05, 0) is 67.5 Å². The fraction of sp³-hybridized carbons (Fsp3) is 0.290. The number of fused-ring (bicyclic) bond motifs is 4. The molecule has 0 saturated heterocycles. The normalized spacial score (nSPS) is 22.7. The first-order valence-corrected chi connectivity index (χ1v) is 12.7. The lowest BCUT2D eigenvalue weighted by molar-refractivity contribution is 0.525. The van der Waals surface area contributed by atoms with Crippen LogP contribution in [-0.4, -0.2) is 40.0 Å². The maximum Gasteiger partial charge on any atom is 0.130 e. The minimum absolute atomic E-state index is 0.0495. The highest BCUT2D eigenvalue weighted by molar-refractivity contribution is 5.85. The third kappa shape index (κ3) is 3.45. The third-order valence-electron chi connectivity index (χ3n) is 8.17. The Bertz CT molecular complexity index is 1480. The number of para-hydroxylation sites is 1. The van der Waals surface area contributed by atoms with Crippen LogP contribution in [0.3, 0.4) is 0 Å². The van der Waals surface area contributed by atoms with Crippen molar-refractivity contribution in [3.63, 3.8) is 0 Å². The summed E-state index contributed by atoms with van der Waals surface area (Å²) in [6.45, 7) is 6.27. The molecule has 2 unspecified atom stereocenters. The largest absolute Gasteiger partial charge is 0.363 e. The van der Waals surface area contributed by atoms with Crippen LogP contribution >= 0.6 is 0 Å². The second kappa shape index (κ2) is 8.37. The molecular weight excluding hydrogens is 442 g/mol. The first-order chi connectivity index (χ1) is 17.4. The van der Waals surface area contributed by atoms with Crippen LogP contribution in [0.5, 0.6) is 0 Å². The molecule has 3 heterocycles. The Morgan fingerprint density at radius 2 is 2.08 bits per heavy atom. The van der Waals surface area contributed by atoms with E-state index in [2.05, 4.69) is 73.6 Å². The van der Waals surface area contributed by atoms with E-state index in [1.54, 1.807) is 0 Å². The van der Waals surface area contributed by atoms with Gasteiger partial charge in [0.15, 0.2) is 0 Å². The number of rotatable bonds is 6. The van der Waals surface area contributed by atoms with Crippen molar-refractivity contribution in [1.29, 1.82) is 5.41 Å². The molecule has 1 N–H and O–H groups in total. The number of hydrogen-bond acceptors (Lipinski definition) is 4. The fourth-order valence-corrected chi connectivity index (χ4v) is 6.02. The second-order valence-corrected chi connectivity index (χ2v) is 10.6. The zero-order chi connectivity index (χ0) is 25.0. The van der Waals surface area contributed by atoms with Crippen molar-refractivity contribution in [2.75, 3.05) is 14.1 Å². The van der Waals surface area contributed by atoms with Crippen LogP contribution in [0.4, 0.5) is 0 Å². The van der Waals surface area contributed by atoms with Gasteiger partial charge in [0.05, 0.1) is 29.4 Å². The number of allylic oxidation sites excluding steroid dienone is 6. The average Bonchev–Trinajstić information content (AvgIpc) is 3.39. The molecule has 0 spiro atoms. The molecule has 1 aromatic carbocycles. The quantitative estimate of drug-likeness (QED) is 0.325. The molecule has 3 aliphatic rings. The number of benzene rings is 1. The van der Waals surface area contributed by atoms with Gasteiger partial charge in [0.1, 0.15) is 18.0 Å². The molecule has 5 heteroatoms. The maximum absolute atomic E-state index is 7.71. The molecule has 2 atom stereocenters. The van der Waals surface area contributed by atoms with Crippen LogP contribution in [0.15, 0.2) is 84.3 Å². The van der Waals surface area contributed by atoms with E-state index in [0.29, 0.717) is 5.92 Å². The molecule has 2 aliphatic carbocycles. The molecule has 2 aromatic heterocycles. The predicted octanol–water partition coefficient (Wildman–Crippen LogP) is 6.57. The van der Waals surface area contributed by atoms with Crippen molar-refractivity contribution in [2.24, 2.45) is 5.92 Å². The Balaban J connectivity index is 1.45. The molecule has 3 aromatic rings. The summed E-state index contributed by atoms with van der Waals surface area (Å²) in [7, 11) is 4.19. The summed E-state index contributed by atoms with van der Waals surface area (Å²) in [4.78, 5) is 6.91. The molecule has 6 rings (SSSR count). The zero-order valence-electron chi connectivity index (χ0n) is 21.3. The Labute approximate surface area is 213 Å². The predicted molar refractivity (Wildman–Crippen MR) is 148 cm³/mol. The van der Waals surface area contributed by atoms with Gasteiger partial charge in [-0.25, -0.2) is 4.68 Å². The summed E-state index contributed by atoms with van der Waals surface area (Å²) in [5, 5.41) is 13.8. The molecule has 0 bridgehead atoms. The smallest absolute Gasteiger partial charge is 0.130 e. The molecule has 0 amide bonds. The summed E-state index contributed by atoms with van der Waals surface area (Å²) in [6, 6.07) is 10.5. The van der Waals surface area contributed by atoms with E-state index < -0.39 is 0 Å². The first kappa shape index (κ1) is 22.6. The van der Waals surface area contributed by atoms with E-state index in [-0.39, 0.29) is 5.41 Å². The van der Waals surface area contributed by atoms with Gasteiger partial charge in [-0.2, -0.15) is 5.10 Å². The molecule has 36 heavy (non-hydrogen) atoms. The van der Waals surface area contributed by atoms with Gasteiger partial charge in [0, 0.05) is 48.8 Å². The van der Waals surface area contributed by atoms with Crippen LogP contribution < -0.4 is 0 Å². The minimum atomic E-state index is -0.0495. The fourth-order valence-electron chi connectivity index (χ4n) is 6.02. The molecule has 0 radical (unpaired) electrons. The summed E-state index contributed by atoms with van der Waals surface area (Å²) in [5.41, 5.74) is 8.80. The molecule has 180 valence electrons. The van der Waals surface area contributed by atoms with Crippen molar-refractivity contribution in [2.45, 2.75) is 38.0 Å². The summed E-state index contributed by atoms with van der Waals surface area (Å²) >= 11 is 0. The Morgan fingerprint density at radius 1 is 1.25 bits per heavy atom. The second-order valence-electron chi connectivity index (χ2n) is 10.6. The molecular formula is C31H32N5+. The van der Waals surface area contributed by atoms with Crippen molar-refractivity contribution < 1.29 is 0 Å². The molecule has 1 aliphatic heterocycles. The standard InChI is InChI=1S/C31H32N5/c1-5-20(17-32)21-10-12-22(13-11-21)25-15-29(35(3)4)36-30(31(2)16-27(25)31)26(19-34-36)24-14-23-8-6-7-9-28(23)33-18-24/h5-9,12,14-15,17-19,21,32H,1,10-11,13,16H2,2-4H3/q+1. The Morgan fingerprint density at radius 3 is 2.81 bits per heavy atom. The highest BCUT2D eigenvalue weighted by atomic mass is 15.4. The first-order valence-electron chi connectivity index (χ1n) is 12.7. The Kier molecular flexibility index (Phi) is 5.25. The minimum Gasteiger partial charge on any atom is -0.363 e. The van der Waals surface area contributed by atoms with Gasteiger partial charge in [0.2, 0.25) is 0 Å².